The molecule has 3 heteroatoms. The lowest BCUT2D eigenvalue weighted by Gasteiger charge is -2.46. The zero-order valence-electron chi connectivity index (χ0n) is 31.3. The summed E-state index contributed by atoms with van der Waals surface area (Å²) in [6, 6.07) is 73.9. The molecule has 10 aromatic carbocycles. The predicted molar refractivity (Wildman–Crippen MR) is 242 cm³/mol. The molecule has 0 N–H and O–H groups in total. The molecule has 11 aromatic rings. The molecule has 0 saturated carbocycles. The molecule has 1 unspecified atom stereocenters. The van der Waals surface area contributed by atoms with Gasteiger partial charge >= 0.3 is 0 Å². The lowest BCUT2D eigenvalue weighted by molar-refractivity contribution is 0.669. The van der Waals surface area contributed by atoms with Crippen LogP contribution in [0.2, 0.25) is 0 Å². The van der Waals surface area contributed by atoms with Gasteiger partial charge in [-0.3, -0.25) is 0 Å². The Morgan fingerprint density at radius 3 is 1.91 bits per heavy atom. The molecule has 0 fully saturated rings. The third-order valence-corrected chi connectivity index (χ3v) is 13.8. The smallest absolute Gasteiger partial charge is 0.137 e. The van der Waals surface area contributed by atoms with Crippen LogP contribution in [-0.2, 0) is 5.41 Å². The molecule has 2 heterocycles. The van der Waals surface area contributed by atoms with E-state index >= 15 is 0 Å². The number of fused-ring (bicyclic) bond motifs is 13. The van der Waals surface area contributed by atoms with Crippen molar-refractivity contribution in [3.05, 3.63) is 222 Å². The van der Waals surface area contributed by atoms with E-state index in [0.29, 0.717) is 0 Å². The van der Waals surface area contributed by atoms with Gasteiger partial charge in [-0.1, -0.05) is 157 Å². The summed E-state index contributed by atoms with van der Waals surface area (Å²) in [5.41, 5.74) is 12.5. The molecular weight excluding hydrogens is 723 g/mol. The molecule has 1 aromatic heterocycles. The van der Waals surface area contributed by atoms with Gasteiger partial charge in [0.1, 0.15) is 11.2 Å². The second-order valence-electron chi connectivity index (χ2n) is 15.6. The number of hydrogen-bond donors (Lipinski definition) is 0. The molecule has 1 aliphatic carbocycles. The van der Waals surface area contributed by atoms with Crippen LogP contribution in [0, 0.1) is 0 Å². The Kier molecular flexibility index (Phi) is 6.62. The second-order valence-corrected chi connectivity index (χ2v) is 16.7. The van der Waals surface area contributed by atoms with Gasteiger partial charge in [-0.15, -0.1) is 0 Å². The molecular formula is C55H33NOS. The molecule has 0 amide bonds. The lowest BCUT2D eigenvalue weighted by Crippen LogP contribution is -2.36. The van der Waals surface area contributed by atoms with Crippen molar-refractivity contribution in [1.82, 2.24) is 0 Å². The van der Waals surface area contributed by atoms with Crippen molar-refractivity contribution < 1.29 is 4.42 Å². The fourth-order valence-corrected chi connectivity index (χ4v) is 11.5. The van der Waals surface area contributed by atoms with Crippen molar-refractivity contribution in [3.63, 3.8) is 0 Å². The van der Waals surface area contributed by atoms with Crippen LogP contribution in [0.25, 0.3) is 65.4 Å². The molecule has 0 bridgehead atoms. The summed E-state index contributed by atoms with van der Waals surface area (Å²) in [5, 5.41) is 9.65. The number of benzene rings is 10. The maximum atomic E-state index is 6.67. The van der Waals surface area contributed by atoms with Gasteiger partial charge in [0.15, 0.2) is 0 Å². The van der Waals surface area contributed by atoms with E-state index in [2.05, 4.69) is 205 Å². The Balaban J connectivity index is 1.08. The van der Waals surface area contributed by atoms with E-state index < -0.39 is 5.41 Å². The minimum absolute atomic E-state index is 0.499. The highest BCUT2D eigenvalue weighted by atomic mass is 32.2. The Labute approximate surface area is 339 Å². The van der Waals surface area contributed by atoms with Gasteiger partial charge in [0.05, 0.1) is 11.1 Å². The summed E-state index contributed by atoms with van der Waals surface area (Å²) < 4.78 is 6.67. The van der Waals surface area contributed by atoms with Crippen molar-refractivity contribution in [2.24, 2.45) is 0 Å². The summed E-state index contributed by atoms with van der Waals surface area (Å²) in [5.74, 6) is 0. The Morgan fingerprint density at radius 2 is 1.00 bits per heavy atom. The maximum absolute atomic E-state index is 6.67. The van der Waals surface area contributed by atoms with Crippen LogP contribution in [-0.4, -0.2) is 0 Å². The van der Waals surface area contributed by atoms with Gasteiger partial charge in [0.25, 0.3) is 0 Å². The van der Waals surface area contributed by atoms with Crippen molar-refractivity contribution in [1.29, 1.82) is 0 Å². The zero-order chi connectivity index (χ0) is 38.0. The second kappa shape index (κ2) is 12.0. The summed E-state index contributed by atoms with van der Waals surface area (Å²) in [6.07, 6.45) is 0. The first-order valence-corrected chi connectivity index (χ1v) is 20.7. The average molecular weight is 756 g/mol. The first-order valence-electron chi connectivity index (χ1n) is 19.9. The fourth-order valence-electron chi connectivity index (χ4n) is 10.2. The minimum atomic E-state index is -0.499. The molecule has 0 radical (unpaired) electrons. The standard InChI is InChI=1S/C55H33NOS/c1-2-14-37-31-50-44(30-36(37)13-1)42-28-26-38(32-51(42)57-50)56(49-24-11-15-34-12-3-4-18-40(34)49)39-27-29-47-53(33-39)58-52-25-8-7-22-46(52)55(47)45-21-6-5-19-41(45)43-20-9-16-35-17-10-23-48(55)54(35)43/h1-33H. The normalized spacial score (nSPS) is 15.2. The first kappa shape index (κ1) is 32.1. The van der Waals surface area contributed by atoms with Crippen molar-refractivity contribution in [2.75, 3.05) is 4.90 Å². The van der Waals surface area contributed by atoms with E-state index in [1.165, 1.54) is 75.5 Å². The number of anilines is 3. The average Bonchev–Trinajstić information content (AvgIpc) is 3.63. The van der Waals surface area contributed by atoms with Gasteiger partial charge < -0.3 is 9.32 Å². The van der Waals surface area contributed by atoms with Gasteiger partial charge in [0.2, 0.25) is 0 Å². The number of hydrogen-bond acceptors (Lipinski definition) is 3. The van der Waals surface area contributed by atoms with Crippen LogP contribution >= 0.6 is 11.8 Å². The van der Waals surface area contributed by atoms with E-state index in [1.54, 1.807) is 0 Å². The fraction of sp³-hybridized carbons (Fsp3) is 0.0182. The van der Waals surface area contributed by atoms with Gasteiger partial charge in [-0.2, -0.15) is 0 Å². The third kappa shape index (κ3) is 4.34. The van der Waals surface area contributed by atoms with Crippen molar-refractivity contribution >= 4 is 83.1 Å². The number of rotatable bonds is 3. The van der Waals surface area contributed by atoms with E-state index in [-0.39, 0.29) is 0 Å². The van der Waals surface area contributed by atoms with Crippen LogP contribution in [0.15, 0.2) is 214 Å². The minimum Gasteiger partial charge on any atom is -0.456 e. The Hall–Kier alpha value is -7.07. The van der Waals surface area contributed by atoms with Gasteiger partial charge in [-0.25, -0.2) is 0 Å². The monoisotopic (exact) mass is 755 g/mol. The van der Waals surface area contributed by atoms with E-state index in [1.807, 2.05) is 11.8 Å². The van der Waals surface area contributed by atoms with Crippen molar-refractivity contribution in [3.8, 4) is 11.1 Å². The molecule has 1 aliphatic heterocycles. The first-order chi connectivity index (χ1) is 28.7. The molecule has 2 aliphatic rings. The van der Waals surface area contributed by atoms with E-state index in [0.717, 1.165) is 39.0 Å². The maximum Gasteiger partial charge on any atom is 0.137 e. The van der Waals surface area contributed by atoms with Crippen LogP contribution in [0.5, 0.6) is 0 Å². The SMILES string of the molecule is c1ccc2c(c1)Sc1cc(N(c3ccc4c(c3)oc3cc5ccccc5cc34)c3cccc4ccccc34)ccc1C21c2ccccc2-c2cccc3cccc1c23. The third-order valence-electron chi connectivity index (χ3n) is 12.7. The molecule has 270 valence electrons. The highest BCUT2D eigenvalue weighted by molar-refractivity contribution is 7.99. The van der Waals surface area contributed by atoms with Crippen LogP contribution in [0.1, 0.15) is 22.3 Å². The topological polar surface area (TPSA) is 16.4 Å². The van der Waals surface area contributed by atoms with Crippen LogP contribution in [0.4, 0.5) is 17.1 Å². The number of nitrogens with zero attached hydrogens (tertiary/aromatic N) is 1. The predicted octanol–water partition coefficient (Wildman–Crippen LogP) is 15.3. The largest absolute Gasteiger partial charge is 0.456 e. The van der Waals surface area contributed by atoms with E-state index in [9.17, 15) is 0 Å². The summed E-state index contributed by atoms with van der Waals surface area (Å²) in [6.45, 7) is 0. The summed E-state index contributed by atoms with van der Waals surface area (Å²) in [7, 11) is 0. The Bertz CT molecular complexity index is 3510. The molecule has 1 spiro atoms. The highest BCUT2D eigenvalue weighted by Gasteiger charge is 2.48. The molecule has 58 heavy (non-hydrogen) atoms. The molecule has 0 saturated heterocycles. The molecule has 1 atom stereocenters. The van der Waals surface area contributed by atoms with Crippen molar-refractivity contribution in [2.45, 2.75) is 15.2 Å². The summed E-state index contributed by atoms with van der Waals surface area (Å²) in [4.78, 5) is 4.96. The van der Waals surface area contributed by atoms with Crippen LogP contribution < -0.4 is 4.90 Å². The molecule has 13 rings (SSSR count). The lowest BCUT2D eigenvalue weighted by atomic mass is 9.59. The zero-order valence-corrected chi connectivity index (χ0v) is 32.1. The van der Waals surface area contributed by atoms with Crippen LogP contribution in [0.3, 0.4) is 0 Å². The van der Waals surface area contributed by atoms with E-state index in [4.69, 9.17) is 4.42 Å². The quantitative estimate of drug-likeness (QED) is 0.179. The summed E-state index contributed by atoms with van der Waals surface area (Å²) >= 11 is 1.88. The highest BCUT2D eigenvalue weighted by Crippen LogP contribution is 2.62. The Morgan fingerprint density at radius 1 is 0.379 bits per heavy atom. The van der Waals surface area contributed by atoms with Gasteiger partial charge in [0, 0.05) is 43.4 Å². The number of furan rings is 1. The molecule has 2 nitrogen and oxygen atoms in total. The van der Waals surface area contributed by atoms with Gasteiger partial charge in [-0.05, 0) is 109 Å².